The molecular weight excluding hydrogens is 471 g/mol. The van der Waals surface area contributed by atoms with E-state index in [1.54, 1.807) is 19.0 Å². The van der Waals surface area contributed by atoms with Crippen molar-refractivity contribution in [3.05, 3.63) is 29.8 Å². The Balaban J connectivity index is 0.00000392. The predicted octanol–water partition coefficient (Wildman–Crippen LogP) is 2.21. The number of amides is 1. The zero-order valence-electron chi connectivity index (χ0n) is 17.3. The van der Waals surface area contributed by atoms with E-state index in [0.717, 1.165) is 43.5 Å². The SMILES string of the molecule is CCOc1ccc(CN(C)C(=NCC(=O)N(C)C)NCC2CCOC2)cc1.I. The van der Waals surface area contributed by atoms with Gasteiger partial charge in [-0.05, 0) is 31.0 Å². The molecule has 8 heteroatoms. The fraction of sp³-hybridized carbons (Fsp3) is 0.600. The Morgan fingerprint density at radius 3 is 2.57 bits per heavy atom. The summed E-state index contributed by atoms with van der Waals surface area (Å²) in [6, 6.07) is 8.05. The lowest BCUT2D eigenvalue weighted by Gasteiger charge is -2.24. The van der Waals surface area contributed by atoms with Gasteiger partial charge in [-0.3, -0.25) is 4.79 Å². The summed E-state index contributed by atoms with van der Waals surface area (Å²) in [5.41, 5.74) is 1.15. The van der Waals surface area contributed by atoms with Crippen molar-refractivity contribution in [3.63, 3.8) is 0 Å². The van der Waals surface area contributed by atoms with E-state index in [2.05, 4.69) is 22.4 Å². The third-order valence-corrected chi connectivity index (χ3v) is 4.45. The number of ether oxygens (including phenoxy) is 2. The fourth-order valence-corrected chi connectivity index (χ4v) is 2.78. The van der Waals surface area contributed by atoms with Crippen LogP contribution in [0.1, 0.15) is 18.9 Å². The zero-order valence-corrected chi connectivity index (χ0v) is 19.6. The van der Waals surface area contributed by atoms with Crippen molar-refractivity contribution in [2.24, 2.45) is 10.9 Å². The number of carbonyl (C=O) groups excluding carboxylic acids is 1. The highest BCUT2D eigenvalue weighted by molar-refractivity contribution is 14.0. The number of halogens is 1. The normalized spacial score (nSPS) is 16.3. The number of hydrogen-bond acceptors (Lipinski definition) is 4. The molecule has 0 bridgehead atoms. The molecule has 28 heavy (non-hydrogen) atoms. The molecule has 1 aromatic carbocycles. The van der Waals surface area contributed by atoms with Gasteiger partial charge in [-0.15, -0.1) is 24.0 Å². The Morgan fingerprint density at radius 1 is 1.29 bits per heavy atom. The molecule has 1 aromatic rings. The summed E-state index contributed by atoms with van der Waals surface area (Å²) in [7, 11) is 5.46. The summed E-state index contributed by atoms with van der Waals surface area (Å²) >= 11 is 0. The van der Waals surface area contributed by atoms with Gasteiger partial charge in [-0.1, -0.05) is 12.1 Å². The summed E-state index contributed by atoms with van der Waals surface area (Å²) in [5, 5.41) is 3.41. The number of nitrogens with one attached hydrogen (secondary N) is 1. The summed E-state index contributed by atoms with van der Waals surface area (Å²) < 4.78 is 10.9. The molecule has 0 radical (unpaired) electrons. The molecule has 1 unspecified atom stereocenters. The molecule has 0 aliphatic carbocycles. The van der Waals surface area contributed by atoms with Gasteiger partial charge in [-0.2, -0.15) is 0 Å². The molecule has 0 spiro atoms. The number of benzene rings is 1. The minimum atomic E-state index is -0.0204. The second-order valence-electron chi connectivity index (χ2n) is 6.97. The average molecular weight is 504 g/mol. The van der Waals surface area contributed by atoms with E-state index in [9.17, 15) is 4.79 Å². The van der Waals surface area contributed by atoms with Crippen LogP contribution in [-0.2, 0) is 16.1 Å². The van der Waals surface area contributed by atoms with Gasteiger partial charge < -0.3 is 24.6 Å². The maximum absolute atomic E-state index is 11.9. The van der Waals surface area contributed by atoms with E-state index >= 15 is 0 Å². The second kappa shape index (κ2) is 12.8. The van der Waals surface area contributed by atoms with Crippen LogP contribution >= 0.6 is 24.0 Å². The smallest absolute Gasteiger partial charge is 0.243 e. The van der Waals surface area contributed by atoms with Gasteiger partial charge >= 0.3 is 0 Å². The maximum atomic E-state index is 11.9. The van der Waals surface area contributed by atoms with E-state index in [4.69, 9.17) is 9.47 Å². The van der Waals surface area contributed by atoms with Crippen LogP contribution in [0, 0.1) is 5.92 Å². The highest BCUT2D eigenvalue weighted by Gasteiger charge is 2.17. The number of hydrogen-bond donors (Lipinski definition) is 1. The van der Waals surface area contributed by atoms with Crippen molar-refractivity contribution in [2.75, 3.05) is 54.1 Å². The molecule has 1 fully saturated rings. The quantitative estimate of drug-likeness (QED) is 0.334. The largest absolute Gasteiger partial charge is 0.494 e. The van der Waals surface area contributed by atoms with Gasteiger partial charge in [0.15, 0.2) is 5.96 Å². The third kappa shape index (κ3) is 8.22. The van der Waals surface area contributed by atoms with E-state index in [0.29, 0.717) is 19.1 Å². The van der Waals surface area contributed by atoms with Gasteiger partial charge in [0.25, 0.3) is 0 Å². The Hall–Kier alpha value is -1.55. The van der Waals surface area contributed by atoms with Crippen LogP contribution in [0.2, 0.25) is 0 Å². The maximum Gasteiger partial charge on any atom is 0.243 e. The average Bonchev–Trinajstić information content (AvgIpc) is 3.16. The lowest BCUT2D eigenvalue weighted by atomic mass is 10.1. The Bertz CT molecular complexity index is 616. The molecular formula is C20H33IN4O3. The Kier molecular flexibility index (Phi) is 11.2. The third-order valence-electron chi connectivity index (χ3n) is 4.45. The Morgan fingerprint density at radius 2 is 2.00 bits per heavy atom. The Labute approximate surface area is 185 Å². The van der Waals surface area contributed by atoms with E-state index in [1.807, 2.05) is 31.0 Å². The number of carbonyl (C=O) groups is 1. The predicted molar refractivity (Wildman–Crippen MR) is 122 cm³/mol. The van der Waals surface area contributed by atoms with Crippen LogP contribution in [0.4, 0.5) is 0 Å². The molecule has 0 saturated carbocycles. The lowest BCUT2D eigenvalue weighted by molar-refractivity contribution is -0.127. The van der Waals surface area contributed by atoms with Crippen molar-refractivity contribution in [2.45, 2.75) is 19.9 Å². The molecule has 1 heterocycles. The van der Waals surface area contributed by atoms with E-state index in [-0.39, 0.29) is 36.4 Å². The number of likely N-dealkylation sites (N-methyl/N-ethyl adjacent to an activating group) is 1. The molecule has 2 rings (SSSR count). The molecule has 7 nitrogen and oxygen atoms in total. The summed E-state index contributed by atoms with van der Waals surface area (Å²) in [4.78, 5) is 20.0. The van der Waals surface area contributed by atoms with Crippen LogP contribution in [0.5, 0.6) is 5.75 Å². The van der Waals surface area contributed by atoms with Crippen LogP contribution in [0.15, 0.2) is 29.3 Å². The van der Waals surface area contributed by atoms with Gasteiger partial charge in [0.1, 0.15) is 12.3 Å². The summed E-state index contributed by atoms with van der Waals surface area (Å²) in [5.74, 6) is 2.06. The zero-order chi connectivity index (χ0) is 19.6. The minimum Gasteiger partial charge on any atom is -0.494 e. The van der Waals surface area contributed by atoms with Gasteiger partial charge in [-0.25, -0.2) is 4.99 Å². The standard InChI is InChI=1S/C20H32N4O3.HI/c1-5-27-18-8-6-16(7-9-18)14-24(4)20(22-13-19(25)23(2)3)21-12-17-10-11-26-15-17;/h6-9,17H,5,10-15H2,1-4H3,(H,21,22);1H. The first-order chi connectivity index (χ1) is 13.0. The molecule has 158 valence electrons. The summed E-state index contributed by atoms with van der Waals surface area (Å²) in [6.45, 7) is 5.84. The van der Waals surface area contributed by atoms with Crippen LogP contribution in [0.25, 0.3) is 0 Å². The molecule has 1 aliphatic rings. The number of guanidine groups is 1. The number of aliphatic imine (C=N–C) groups is 1. The molecule has 1 amide bonds. The number of nitrogens with zero attached hydrogens (tertiary/aromatic N) is 3. The monoisotopic (exact) mass is 504 g/mol. The highest BCUT2D eigenvalue weighted by atomic mass is 127. The molecule has 0 aromatic heterocycles. The fourth-order valence-electron chi connectivity index (χ4n) is 2.78. The first kappa shape index (κ1) is 24.5. The molecule has 1 atom stereocenters. The topological polar surface area (TPSA) is 66.4 Å². The van der Waals surface area contributed by atoms with E-state index in [1.165, 1.54) is 0 Å². The lowest BCUT2D eigenvalue weighted by Crippen LogP contribution is -2.41. The van der Waals surface area contributed by atoms with Crippen LogP contribution in [0.3, 0.4) is 0 Å². The molecule has 1 saturated heterocycles. The van der Waals surface area contributed by atoms with Crippen molar-refractivity contribution in [1.82, 2.24) is 15.1 Å². The first-order valence-electron chi connectivity index (χ1n) is 9.48. The van der Waals surface area contributed by atoms with Gasteiger partial charge in [0.05, 0.1) is 13.2 Å². The van der Waals surface area contributed by atoms with E-state index < -0.39 is 0 Å². The van der Waals surface area contributed by atoms with Crippen LogP contribution < -0.4 is 10.1 Å². The second-order valence-corrected chi connectivity index (χ2v) is 6.97. The highest BCUT2D eigenvalue weighted by Crippen LogP contribution is 2.14. The van der Waals surface area contributed by atoms with Gasteiger partial charge in [0, 0.05) is 46.8 Å². The molecule has 1 aliphatic heterocycles. The van der Waals surface area contributed by atoms with Gasteiger partial charge in [0.2, 0.25) is 5.91 Å². The minimum absolute atomic E-state index is 0. The molecule has 1 N–H and O–H groups in total. The van der Waals surface area contributed by atoms with Crippen molar-refractivity contribution in [3.8, 4) is 5.75 Å². The van der Waals surface area contributed by atoms with Crippen molar-refractivity contribution in [1.29, 1.82) is 0 Å². The summed E-state index contributed by atoms with van der Waals surface area (Å²) in [6.07, 6.45) is 1.06. The van der Waals surface area contributed by atoms with Crippen LogP contribution in [-0.4, -0.2) is 75.7 Å². The first-order valence-corrected chi connectivity index (χ1v) is 9.48. The van der Waals surface area contributed by atoms with Crippen molar-refractivity contribution < 1.29 is 14.3 Å². The van der Waals surface area contributed by atoms with Crippen molar-refractivity contribution >= 4 is 35.8 Å². The number of rotatable bonds is 8.